The molecular weight excluding hydrogens is 354 g/mol. The van der Waals surface area contributed by atoms with Gasteiger partial charge >= 0.3 is 0 Å². The van der Waals surface area contributed by atoms with Gasteiger partial charge in [-0.25, -0.2) is 4.98 Å². The molecule has 0 radical (unpaired) electrons. The minimum absolute atomic E-state index is 0.243. The van der Waals surface area contributed by atoms with Gasteiger partial charge in [0.15, 0.2) is 0 Å². The third-order valence-corrected chi connectivity index (χ3v) is 4.57. The Morgan fingerprint density at radius 1 is 0.929 bits per heavy atom. The van der Waals surface area contributed by atoms with Gasteiger partial charge < -0.3 is 20.5 Å². The minimum Gasteiger partial charge on any atom is -0.388 e. The summed E-state index contributed by atoms with van der Waals surface area (Å²) in [5.41, 5.74) is 4.95. The summed E-state index contributed by atoms with van der Waals surface area (Å²) in [7, 11) is 3.58. The number of carbonyl (C=O) groups excluding carboxylic acids is 2. The number of nitrogens with one attached hydrogen (secondary N) is 3. The van der Waals surface area contributed by atoms with Crippen LogP contribution < -0.4 is 16.0 Å². The first-order chi connectivity index (χ1) is 13.4. The number of benzene rings is 2. The second-order valence-corrected chi connectivity index (χ2v) is 6.61. The van der Waals surface area contributed by atoms with Crippen LogP contribution >= 0.6 is 0 Å². The van der Waals surface area contributed by atoms with E-state index in [2.05, 4.69) is 20.9 Å². The average molecular weight is 377 g/mol. The Balaban J connectivity index is 1.82. The van der Waals surface area contributed by atoms with Crippen molar-refractivity contribution in [2.75, 3.05) is 23.0 Å². The SMILES string of the molecule is CNc1ccc(C)c(NC(=O)c2ccc(C)c(NC(=O)c3cncn3C)c2)c1. The van der Waals surface area contributed by atoms with E-state index in [9.17, 15) is 9.59 Å². The Bertz CT molecular complexity index is 1040. The summed E-state index contributed by atoms with van der Waals surface area (Å²) in [6, 6.07) is 11.0. The number of carbonyl (C=O) groups is 2. The lowest BCUT2D eigenvalue weighted by molar-refractivity contribution is 0.101. The lowest BCUT2D eigenvalue weighted by Gasteiger charge is -2.13. The Hall–Kier alpha value is -3.61. The van der Waals surface area contributed by atoms with Crippen LogP contribution in [0.15, 0.2) is 48.9 Å². The first-order valence-electron chi connectivity index (χ1n) is 8.87. The average Bonchev–Trinajstić information content (AvgIpc) is 3.11. The van der Waals surface area contributed by atoms with E-state index in [0.717, 1.165) is 22.5 Å². The van der Waals surface area contributed by atoms with Crippen molar-refractivity contribution < 1.29 is 9.59 Å². The molecular formula is C21H23N5O2. The van der Waals surface area contributed by atoms with Crippen LogP contribution in [0.5, 0.6) is 0 Å². The molecule has 0 unspecified atom stereocenters. The quantitative estimate of drug-likeness (QED) is 0.634. The second kappa shape index (κ2) is 7.96. The molecule has 0 aliphatic carbocycles. The van der Waals surface area contributed by atoms with Crippen molar-refractivity contribution in [1.29, 1.82) is 0 Å². The van der Waals surface area contributed by atoms with Crippen molar-refractivity contribution >= 4 is 28.9 Å². The van der Waals surface area contributed by atoms with Gasteiger partial charge in [0.1, 0.15) is 5.69 Å². The number of hydrogen-bond donors (Lipinski definition) is 3. The van der Waals surface area contributed by atoms with Gasteiger partial charge in [-0.05, 0) is 49.2 Å². The summed E-state index contributed by atoms with van der Waals surface area (Å²) in [5.74, 6) is -0.523. The zero-order valence-corrected chi connectivity index (χ0v) is 16.3. The summed E-state index contributed by atoms with van der Waals surface area (Å²) in [4.78, 5) is 29.2. The van der Waals surface area contributed by atoms with Crippen LogP contribution in [0.4, 0.5) is 17.1 Å². The fourth-order valence-corrected chi connectivity index (χ4v) is 2.77. The highest BCUT2D eigenvalue weighted by Gasteiger charge is 2.14. The van der Waals surface area contributed by atoms with E-state index < -0.39 is 0 Å². The molecule has 0 saturated carbocycles. The second-order valence-electron chi connectivity index (χ2n) is 6.61. The maximum atomic E-state index is 12.7. The van der Waals surface area contributed by atoms with Gasteiger partial charge in [-0.3, -0.25) is 9.59 Å². The van der Waals surface area contributed by atoms with Gasteiger partial charge in [0.2, 0.25) is 0 Å². The molecule has 0 aliphatic heterocycles. The van der Waals surface area contributed by atoms with Gasteiger partial charge in [0, 0.05) is 36.7 Å². The maximum absolute atomic E-state index is 12.7. The van der Waals surface area contributed by atoms with Gasteiger partial charge in [-0.1, -0.05) is 12.1 Å². The monoisotopic (exact) mass is 377 g/mol. The van der Waals surface area contributed by atoms with Crippen LogP contribution in [0.2, 0.25) is 0 Å². The smallest absolute Gasteiger partial charge is 0.273 e. The van der Waals surface area contributed by atoms with Crippen LogP contribution in [0.1, 0.15) is 32.0 Å². The number of aryl methyl sites for hydroxylation is 3. The Morgan fingerprint density at radius 3 is 2.21 bits per heavy atom. The zero-order chi connectivity index (χ0) is 20.3. The standard InChI is InChI=1S/C21H23N5O2/c1-13-5-7-15(9-17(13)25-21(28)19-11-23-12-26(19)4)20(27)24-18-10-16(22-3)8-6-14(18)2/h5-12,22H,1-4H3,(H,24,27)(H,25,28). The normalized spacial score (nSPS) is 10.4. The molecule has 3 aromatic rings. The molecule has 7 heteroatoms. The number of amides is 2. The number of nitrogens with zero attached hydrogens (tertiary/aromatic N) is 2. The number of anilines is 3. The molecule has 1 aromatic heterocycles. The van der Waals surface area contributed by atoms with Crippen molar-refractivity contribution in [1.82, 2.24) is 9.55 Å². The fourth-order valence-electron chi connectivity index (χ4n) is 2.77. The van der Waals surface area contributed by atoms with Crippen LogP contribution in [0.3, 0.4) is 0 Å². The molecule has 2 aromatic carbocycles. The lowest BCUT2D eigenvalue weighted by atomic mass is 10.1. The molecule has 28 heavy (non-hydrogen) atoms. The van der Waals surface area contributed by atoms with Gasteiger partial charge in [0.05, 0.1) is 12.5 Å². The fraction of sp³-hybridized carbons (Fsp3) is 0.190. The molecule has 3 N–H and O–H groups in total. The molecule has 3 rings (SSSR count). The predicted octanol–water partition coefficient (Wildman–Crippen LogP) is 3.58. The third kappa shape index (κ3) is 4.03. The third-order valence-electron chi connectivity index (χ3n) is 4.57. The van der Waals surface area contributed by atoms with Crippen LogP contribution in [-0.4, -0.2) is 28.4 Å². The number of rotatable bonds is 5. The van der Waals surface area contributed by atoms with Gasteiger partial charge in [-0.2, -0.15) is 0 Å². The first kappa shape index (κ1) is 19.2. The highest BCUT2D eigenvalue weighted by molar-refractivity contribution is 6.07. The topological polar surface area (TPSA) is 88.0 Å². The molecule has 0 aliphatic rings. The molecule has 0 saturated heterocycles. The van der Waals surface area contributed by atoms with E-state index in [0.29, 0.717) is 16.9 Å². The molecule has 2 amide bonds. The summed E-state index contributed by atoms with van der Waals surface area (Å²) in [5, 5.41) is 8.84. The van der Waals surface area contributed by atoms with E-state index in [-0.39, 0.29) is 11.8 Å². The highest BCUT2D eigenvalue weighted by atomic mass is 16.2. The minimum atomic E-state index is -0.279. The summed E-state index contributed by atoms with van der Waals surface area (Å²) in [6.07, 6.45) is 3.06. The number of hydrogen-bond acceptors (Lipinski definition) is 4. The van der Waals surface area contributed by atoms with Crippen LogP contribution in [-0.2, 0) is 7.05 Å². The largest absolute Gasteiger partial charge is 0.388 e. The molecule has 0 fully saturated rings. The molecule has 1 heterocycles. The number of aromatic nitrogens is 2. The Morgan fingerprint density at radius 2 is 1.57 bits per heavy atom. The summed E-state index contributed by atoms with van der Waals surface area (Å²) >= 11 is 0. The first-order valence-corrected chi connectivity index (χ1v) is 8.87. The van der Waals surface area contributed by atoms with E-state index in [4.69, 9.17) is 0 Å². The van der Waals surface area contributed by atoms with Crippen molar-refractivity contribution in [3.05, 3.63) is 71.3 Å². The Labute approximate surface area is 163 Å². The van der Waals surface area contributed by atoms with Crippen LogP contribution in [0.25, 0.3) is 0 Å². The van der Waals surface area contributed by atoms with Gasteiger partial charge in [0.25, 0.3) is 11.8 Å². The van der Waals surface area contributed by atoms with Crippen LogP contribution in [0, 0.1) is 13.8 Å². The molecule has 0 atom stereocenters. The zero-order valence-electron chi connectivity index (χ0n) is 16.3. The molecule has 0 spiro atoms. The van der Waals surface area contributed by atoms with Crippen molar-refractivity contribution in [2.45, 2.75) is 13.8 Å². The Kier molecular flexibility index (Phi) is 5.44. The maximum Gasteiger partial charge on any atom is 0.273 e. The lowest BCUT2D eigenvalue weighted by Crippen LogP contribution is -2.17. The molecule has 0 bridgehead atoms. The number of imidazole rings is 1. The van der Waals surface area contributed by atoms with E-state index in [1.165, 1.54) is 6.20 Å². The van der Waals surface area contributed by atoms with E-state index in [1.807, 2.05) is 45.2 Å². The van der Waals surface area contributed by atoms with Gasteiger partial charge in [-0.15, -0.1) is 0 Å². The molecule has 144 valence electrons. The van der Waals surface area contributed by atoms with Crippen molar-refractivity contribution in [3.63, 3.8) is 0 Å². The summed E-state index contributed by atoms with van der Waals surface area (Å²) in [6.45, 7) is 3.81. The molecule has 7 nitrogen and oxygen atoms in total. The highest BCUT2D eigenvalue weighted by Crippen LogP contribution is 2.22. The van der Waals surface area contributed by atoms with Crippen molar-refractivity contribution in [3.8, 4) is 0 Å². The van der Waals surface area contributed by atoms with E-state index >= 15 is 0 Å². The summed E-state index contributed by atoms with van der Waals surface area (Å²) < 4.78 is 1.64. The van der Waals surface area contributed by atoms with Crippen molar-refractivity contribution in [2.24, 2.45) is 7.05 Å². The predicted molar refractivity (Wildman–Crippen MR) is 111 cm³/mol. The van der Waals surface area contributed by atoms with E-state index in [1.54, 1.807) is 30.1 Å².